The van der Waals surface area contributed by atoms with E-state index in [-0.39, 0.29) is 0 Å². The van der Waals surface area contributed by atoms with E-state index in [1.54, 1.807) is 11.3 Å². The van der Waals surface area contributed by atoms with E-state index < -0.39 is 0 Å². The fourth-order valence-corrected chi connectivity index (χ4v) is 4.41. The van der Waals surface area contributed by atoms with Crippen LogP contribution in [0.5, 0.6) is 0 Å². The van der Waals surface area contributed by atoms with E-state index >= 15 is 0 Å². The topological polar surface area (TPSA) is 12.0 Å². The summed E-state index contributed by atoms with van der Waals surface area (Å²) < 4.78 is 0.919. The number of hydrogen-bond donors (Lipinski definition) is 1. The van der Waals surface area contributed by atoms with Crippen molar-refractivity contribution in [3.63, 3.8) is 0 Å². The highest BCUT2D eigenvalue weighted by molar-refractivity contribution is 7.16. The summed E-state index contributed by atoms with van der Waals surface area (Å²) in [5, 5.41) is 3.85. The average Bonchev–Trinajstić information content (AvgIpc) is 2.96. The van der Waals surface area contributed by atoms with Crippen LogP contribution in [0.4, 0.5) is 0 Å². The molecule has 2 aromatic rings. The van der Waals surface area contributed by atoms with Crippen LogP contribution in [0.15, 0.2) is 36.4 Å². The molecule has 1 aromatic heterocycles. The molecule has 1 aliphatic carbocycles. The van der Waals surface area contributed by atoms with Gasteiger partial charge in [0.1, 0.15) is 0 Å². The lowest BCUT2D eigenvalue weighted by atomic mass is 9.94. The normalized spacial score (nSPS) is 19.3. The Hall–Kier alpha value is -0.830. The standard InChI is InChI=1S/C17H20ClNS/c1-11(2)17(12-6-4-3-5-7-12)19-14-8-9-15-13(14)10-16(18)20-15/h3-7,10-11,14,17,19H,8-9H2,1-2H3. The molecule has 0 amide bonds. The van der Waals surface area contributed by atoms with Crippen molar-refractivity contribution in [3.05, 3.63) is 56.7 Å². The van der Waals surface area contributed by atoms with E-state index in [4.69, 9.17) is 11.6 Å². The maximum Gasteiger partial charge on any atom is 0.0934 e. The second-order valence-corrected chi connectivity index (χ2v) is 7.59. The predicted molar refractivity (Wildman–Crippen MR) is 87.5 cm³/mol. The number of benzene rings is 1. The van der Waals surface area contributed by atoms with Crippen LogP contribution in [0.2, 0.25) is 4.34 Å². The number of halogens is 1. The average molecular weight is 306 g/mol. The molecule has 2 atom stereocenters. The highest BCUT2D eigenvalue weighted by Gasteiger charge is 2.28. The van der Waals surface area contributed by atoms with Crippen LogP contribution < -0.4 is 5.32 Å². The predicted octanol–water partition coefficient (Wildman–Crippen LogP) is 5.38. The van der Waals surface area contributed by atoms with E-state index in [1.165, 1.54) is 22.4 Å². The fraction of sp³-hybridized carbons (Fsp3) is 0.412. The Morgan fingerprint density at radius 1 is 1.25 bits per heavy atom. The minimum absolute atomic E-state index is 0.394. The minimum atomic E-state index is 0.394. The number of aryl methyl sites for hydroxylation is 1. The van der Waals surface area contributed by atoms with Gasteiger partial charge in [0.15, 0.2) is 0 Å². The van der Waals surface area contributed by atoms with Gasteiger partial charge in [-0.15, -0.1) is 11.3 Å². The molecule has 1 nitrogen and oxygen atoms in total. The molecule has 0 bridgehead atoms. The van der Waals surface area contributed by atoms with Crippen molar-refractivity contribution in [2.45, 2.75) is 38.8 Å². The lowest BCUT2D eigenvalue weighted by Crippen LogP contribution is -2.28. The molecule has 2 unspecified atom stereocenters. The quantitative estimate of drug-likeness (QED) is 0.800. The second-order valence-electron chi connectivity index (χ2n) is 5.82. The molecule has 0 aliphatic heterocycles. The molecule has 1 heterocycles. The maximum atomic E-state index is 6.15. The SMILES string of the molecule is CC(C)C(NC1CCc2sc(Cl)cc21)c1ccccc1. The van der Waals surface area contributed by atoms with Crippen molar-refractivity contribution < 1.29 is 0 Å². The van der Waals surface area contributed by atoms with Crippen LogP contribution >= 0.6 is 22.9 Å². The Morgan fingerprint density at radius 2 is 2.00 bits per heavy atom. The van der Waals surface area contributed by atoms with Gasteiger partial charge in [-0.1, -0.05) is 55.8 Å². The Kier molecular flexibility index (Phi) is 4.16. The number of rotatable bonds is 4. The third-order valence-corrected chi connectivity index (χ3v) is 5.39. The van der Waals surface area contributed by atoms with Crippen LogP contribution in [0.1, 0.15) is 48.4 Å². The Morgan fingerprint density at radius 3 is 2.70 bits per heavy atom. The zero-order valence-corrected chi connectivity index (χ0v) is 13.5. The van der Waals surface area contributed by atoms with E-state index in [9.17, 15) is 0 Å². The molecule has 1 aliphatic rings. The monoisotopic (exact) mass is 305 g/mol. The molecule has 1 aromatic carbocycles. The third kappa shape index (κ3) is 2.78. The summed E-state index contributed by atoms with van der Waals surface area (Å²) in [5.74, 6) is 0.565. The zero-order chi connectivity index (χ0) is 14.1. The first-order valence-corrected chi connectivity index (χ1v) is 8.43. The van der Waals surface area contributed by atoms with Crippen LogP contribution in [0.3, 0.4) is 0 Å². The van der Waals surface area contributed by atoms with E-state index in [2.05, 4.69) is 55.6 Å². The van der Waals surface area contributed by atoms with E-state index in [0.29, 0.717) is 18.0 Å². The lowest BCUT2D eigenvalue weighted by molar-refractivity contribution is 0.361. The molecule has 106 valence electrons. The van der Waals surface area contributed by atoms with Crippen LogP contribution in [0.25, 0.3) is 0 Å². The van der Waals surface area contributed by atoms with Crippen molar-refractivity contribution in [2.75, 3.05) is 0 Å². The van der Waals surface area contributed by atoms with Gasteiger partial charge in [-0.25, -0.2) is 0 Å². The summed E-state index contributed by atoms with van der Waals surface area (Å²) >= 11 is 7.89. The Bertz CT molecular complexity index is 576. The van der Waals surface area contributed by atoms with Gasteiger partial charge >= 0.3 is 0 Å². The van der Waals surface area contributed by atoms with Crippen LogP contribution in [-0.4, -0.2) is 0 Å². The van der Waals surface area contributed by atoms with Crippen LogP contribution in [0, 0.1) is 5.92 Å². The Labute approximate surface area is 130 Å². The Balaban J connectivity index is 1.82. The van der Waals surface area contributed by atoms with Gasteiger partial charge in [-0.3, -0.25) is 0 Å². The van der Waals surface area contributed by atoms with Gasteiger partial charge in [0, 0.05) is 17.0 Å². The number of hydrogen-bond acceptors (Lipinski definition) is 2. The van der Waals surface area contributed by atoms with E-state index in [1.807, 2.05) is 0 Å². The highest BCUT2D eigenvalue weighted by Crippen LogP contribution is 2.41. The number of nitrogens with one attached hydrogen (secondary N) is 1. The van der Waals surface area contributed by atoms with Gasteiger partial charge in [0.2, 0.25) is 0 Å². The summed E-state index contributed by atoms with van der Waals surface area (Å²) in [6.07, 6.45) is 2.35. The molecule has 0 fully saturated rings. The maximum absolute atomic E-state index is 6.15. The molecule has 0 saturated heterocycles. The minimum Gasteiger partial charge on any atom is -0.303 e. The van der Waals surface area contributed by atoms with Gasteiger partial charge in [-0.2, -0.15) is 0 Å². The number of fused-ring (bicyclic) bond motifs is 1. The van der Waals surface area contributed by atoms with Crippen molar-refractivity contribution in [1.82, 2.24) is 5.32 Å². The first kappa shape index (κ1) is 14.1. The summed E-state index contributed by atoms with van der Waals surface area (Å²) in [5.41, 5.74) is 2.79. The first-order chi connectivity index (χ1) is 9.65. The van der Waals surface area contributed by atoms with E-state index in [0.717, 1.165) is 10.8 Å². The molecular formula is C17H20ClNS. The zero-order valence-electron chi connectivity index (χ0n) is 11.9. The lowest BCUT2D eigenvalue weighted by Gasteiger charge is -2.27. The van der Waals surface area contributed by atoms with Crippen molar-refractivity contribution in [3.8, 4) is 0 Å². The van der Waals surface area contributed by atoms with Crippen LogP contribution in [-0.2, 0) is 6.42 Å². The van der Waals surface area contributed by atoms with Crippen molar-refractivity contribution >= 4 is 22.9 Å². The molecule has 3 heteroatoms. The summed E-state index contributed by atoms with van der Waals surface area (Å²) in [6.45, 7) is 4.56. The van der Waals surface area contributed by atoms with Crippen molar-refractivity contribution in [1.29, 1.82) is 0 Å². The highest BCUT2D eigenvalue weighted by atomic mass is 35.5. The summed E-state index contributed by atoms with van der Waals surface area (Å²) in [6, 6.07) is 13.7. The third-order valence-electron chi connectivity index (χ3n) is 4.05. The molecule has 3 rings (SSSR count). The summed E-state index contributed by atoms with van der Waals surface area (Å²) in [4.78, 5) is 1.46. The van der Waals surface area contributed by atoms with Gasteiger partial charge in [0.25, 0.3) is 0 Å². The molecule has 20 heavy (non-hydrogen) atoms. The summed E-state index contributed by atoms with van der Waals surface area (Å²) in [7, 11) is 0. The van der Waals surface area contributed by atoms with Gasteiger partial charge in [-0.05, 0) is 36.0 Å². The van der Waals surface area contributed by atoms with Crippen molar-refractivity contribution in [2.24, 2.45) is 5.92 Å². The fourth-order valence-electron chi connectivity index (χ4n) is 3.05. The molecular weight excluding hydrogens is 286 g/mol. The van der Waals surface area contributed by atoms with Gasteiger partial charge in [0.05, 0.1) is 4.34 Å². The molecule has 0 radical (unpaired) electrons. The first-order valence-electron chi connectivity index (χ1n) is 7.24. The smallest absolute Gasteiger partial charge is 0.0934 e. The largest absolute Gasteiger partial charge is 0.303 e. The molecule has 1 N–H and O–H groups in total. The second kappa shape index (κ2) is 5.88. The number of thiophene rings is 1. The molecule has 0 spiro atoms. The van der Waals surface area contributed by atoms with Gasteiger partial charge < -0.3 is 5.32 Å². The molecule has 0 saturated carbocycles.